The third-order valence-corrected chi connectivity index (χ3v) is 4.88. The molecule has 0 aromatic heterocycles. The summed E-state index contributed by atoms with van der Waals surface area (Å²) < 4.78 is 24.9. The largest absolute Gasteiger partial charge is 0.493 e. The van der Waals surface area contributed by atoms with Gasteiger partial charge in [-0.25, -0.2) is 9.82 Å². The molecule has 0 saturated carbocycles. The molecule has 0 radical (unpaired) electrons. The van der Waals surface area contributed by atoms with Crippen LogP contribution in [-0.2, 0) is 6.61 Å². The quantitative estimate of drug-likeness (QED) is 0.346. The summed E-state index contributed by atoms with van der Waals surface area (Å²) >= 11 is 9.38. The molecule has 3 aromatic carbocycles. The van der Waals surface area contributed by atoms with Crippen LogP contribution in [0.15, 0.2) is 70.2 Å². The Kier molecular flexibility index (Phi) is 7.43. The van der Waals surface area contributed by atoms with Crippen LogP contribution in [0.2, 0.25) is 5.02 Å². The Morgan fingerprint density at radius 1 is 1.17 bits per heavy atom. The maximum atomic E-state index is 12.9. The van der Waals surface area contributed by atoms with Crippen molar-refractivity contribution in [2.24, 2.45) is 5.10 Å². The van der Waals surface area contributed by atoms with Crippen LogP contribution in [-0.4, -0.2) is 19.2 Å². The van der Waals surface area contributed by atoms with Gasteiger partial charge < -0.3 is 9.47 Å². The van der Waals surface area contributed by atoms with Gasteiger partial charge in [-0.2, -0.15) is 5.10 Å². The van der Waals surface area contributed by atoms with Gasteiger partial charge in [0, 0.05) is 10.6 Å². The zero-order valence-electron chi connectivity index (χ0n) is 15.9. The second-order valence-electron chi connectivity index (χ2n) is 6.16. The minimum Gasteiger partial charge on any atom is -0.493 e. The lowest BCUT2D eigenvalue weighted by molar-refractivity contribution is 0.0955. The van der Waals surface area contributed by atoms with Crippen molar-refractivity contribution in [3.63, 3.8) is 0 Å². The Labute approximate surface area is 186 Å². The molecule has 3 aromatic rings. The van der Waals surface area contributed by atoms with Gasteiger partial charge in [-0.1, -0.05) is 23.7 Å². The number of ether oxygens (including phenoxy) is 2. The third-order valence-electron chi connectivity index (χ3n) is 4.03. The number of rotatable bonds is 7. The zero-order valence-corrected chi connectivity index (χ0v) is 18.2. The number of hydrogen-bond acceptors (Lipinski definition) is 4. The Balaban J connectivity index is 1.68. The lowest BCUT2D eigenvalue weighted by atomic mass is 10.2. The van der Waals surface area contributed by atoms with E-state index in [0.29, 0.717) is 38.7 Å². The van der Waals surface area contributed by atoms with Crippen molar-refractivity contribution in [1.82, 2.24) is 5.43 Å². The summed E-state index contributed by atoms with van der Waals surface area (Å²) in [4.78, 5) is 12.0. The Morgan fingerprint density at radius 3 is 2.53 bits per heavy atom. The van der Waals surface area contributed by atoms with E-state index in [1.807, 2.05) is 12.1 Å². The van der Waals surface area contributed by atoms with Crippen molar-refractivity contribution < 1.29 is 18.7 Å². The van der Waals surface area contributed by atoms with Gasteiger partial charge in [0.25, 0.3) is 5.91 Å². The Bertz CT molecular complexity index is 1060. The molecule has 0 saturated heterocycles. The molecule has 0 fully saturated rings. The number of halogens is 3. The molecule has 1 N–H and O–H groups in total. The number of methoxy groups -OCH3 is 1. The highest BCUT2D eigenvalue weighted by Crippen LogP contribution is 2.36. The van der Waals surface area contributed by atoms with Gasteiger partial charge in [0.15, 0.2) is 11.5 Å². The summed E-state index contributed by atoms with van der Waals surface area (Å²) in [7, 11) is 1.54. The standard InChI is InChI=1S/C22H17BrClFN2O3/c1-29-20-11-15(12-26-27-22(28)16-4-8-18(25)9-5-16)10-19(23)21(20)30-13-14-2-6-17(24)7-3-14/h2-12H,13H2,1H3,(H,27,28)/b26-12-. The highest BCUT2D eigenvalue weighted by atomic mass is 79.9. The highest BCUT2D eigenvalue weighted by Gasteiger charge is 2.12. The molecule has 0 heterocycles. The van der Waals surface area contributed by atoms with E-state index in [4.69, 9.17) is 21.1 Å². The van der Waals surface area contributed by atoms with Crippen LogP contribution in [0.3, 0.4) is 0 Å². The number of carbonyl (C=O) groups is 1. The normalized spacial score (nSPS) is 10.8. The monoisotopic (exact) mass is 490 g/mol. The van der Waals surface area contributed by atoms with Crippen molar-refractivity contribution in [3.05, 3.63) is 92.7 Å². The lowest BCUT2D eigenvalue weighted by Gasteiger charge is -2.13. The topological polar surface area (TPSA) is 59.9 Å². The zero-order chi connectivity index (χ0) is 21.5. The fourth-order valence-electron chi connectivity index (χ4n) is 2.52. The predicted octanol–water partition coefficient (Wildman–Crippen LogP) is 5.59. The summed E-state index contributed by atoms with van der Waals surface area (Å²) in [6.45, 7) is 0.341. The van der Waals surface area contributed by atoms with E-state index >= 15 is 0 Å². The first-order valence-corrected chi connectivity index (χ1v) is 9.97. The van der Waals surface area contributed by atoms with Crippen molar-refractivity contribution in [2.75, 3.05) is 7.11 Å². The molecule has 154 valence electrons. The minimum atomic E-state index is -0.444. The lowest BCUT2D eigenvalue weighted by Crippen LogP contribution is -2.17. The maximum absolute atomic E-state index is 12.9. The average molecular weight is 492 g/mol. The second kappa shape index (κ2) is 10.2. The first kappa shape index (κ1) is 21.8. The second-order valence-corrected chi connectivity index (χ2v) is 7.45. The van der Waals surface area contributed by atoms with E-state index < -0.39 is 11.7 Å². The summed E-state index contributed by atoms with van der Waals surface area (Å²) in [5.41, 5.74) is 4.34. The first-order chi connectivity index (χ1) is 14.5. The van der Waals surface area contributed by atoms with Crippen LogP contribution < -0.4 is 14.9 Å². The van der Waals surface area contributed by atoms with Crippen molar-refractivity contribution in [3.8, 4) is 11.5 Å². The number of nitrogens with zero attached hydrogens (tertiary/aromatic N) is 1. The molecule has 0 aliphatic heterocycles. The van der Waals surface area contributed by atoms with Crippen LogP contribution in [0.1, 0.15) is 21.5 Å². The van der Waals surface area contributed by atoms with Gasteiger partial charge in [0.2, 0.25) is 0 Å². The van der Waals surface area contributed by atoms with Gasteiger partial charge in [0.1, 0.15) is 12.4 Å². The van der Waals surface area contributed by atoms with Crippen LogP contribution in [0.25, 0.3) is 0 Å². The fraction of sp³-hybridized carbons (Fsp3) is 0.0909. The number of nitrogens with one attached hydrogen (secondary N) is 1. The smallest absolute Gasteiger partial charge is 0.271 e. The molecular weight excluding hydrogens is 475 g/mol. The van der Waals surface area contributed by atoms with E-state index in [1.165, 1.54) is 37.6 Å². The predicted molar refractivity (Wildman–Crippen MR) is 118 cm³/mol. The Hall–Kier alpha value is -2.90. The molecule has 0 aliphatic rings. The van der Waals surface area contributed by atoms with E-state index in [1.54, 1.807) is 24.3 Å². The minimum absolute atomic E-state index is 0.304. The molecule has 8 heteroatoms. The molecule has 0 atom stereocenters. The summed E-state index contributed by atoms with van der Waals surface area (Å²) in [6, 6.07) is 16.1. The molecular formula is C22H17BrClFN2O3. The SMILES string of the molecule is COc1cc(/C=N\NC(=O)c2ccc(F)cc2)cc(Br)c1OCc1ccc(Cl)cc1. The fourth-order valence-corrected chi connectivity index (χ4v) is 3.22. The Morgan fingerprint density at radius 2 is 1.87 bits per heavy atom. The number of benzene rings is 3. The van der Waals surface area contributed by atoms with E-state index in [9.17, 15) is 9.18 Å². The molecule has 0 bridgehead atoms. The van der Waals surface area contributed by atoms with E-state index in [-0.39, 0.29) is 0 Å². The molecule has 1 amide bonds. The number of hydrazone groups is 1. The summed E-state index contributed by atoms with van der Waals surface area (Å²) in [6.07, 6.45) is 1.47. The van der Waals surface area contributed by atoms with Gasteiger partial charge in [0.05, 0.1) is 17.8 Å². The average Bonchev–Trinajstić information content (AvgIpc) is 2.74. The van der Waals surface area contributed by atoms with Gasteiger partial charge in [-0.05, 0) is 75.6 Å². The maximum Gasteiger partial charge on any atom is 0.271 e. The van der Waals surface area contributed by atoms with Gasteiger partial charge in [-0.3, -0.25) is 4.79 Å². The van der Waals surface area contributed by atoms with Gasteiger partial charge >= 0.3 is 0 Å². The van der Waals surface area contributed by atoms with Crippen molar-refractivity contribution in [1.29, 1.82) is 0 Å². The van der Waals surface area contributed by atoms with Gasteiger partial charge in [-0.15, -0.1) is 0 Å². The van der Waals surface area contributed by atoms with Crippen molar-refractivity contribution >= 4 is 39.7 Å². The summed E-state index contributed by atoms with van der Waals surface area (Å²) in [5, 5.41) is 4.60. The molecule has 3 rings (SSSR count). The molecule has 0 spiro atoms. The van der Waals surface area contributed by atoms with Crippen LogP contribution in [0.5, 0.6) is 11.5 Å². The molecule has 0 unspecified atom stereocenters. The van der Waals surface area contributed by atoms with Crippen LogP contribution in [0.4, 0.5) is 4.39 Å². The number of amides is 1. The molecule has 5 nitrogen and oxygen atoms in total. The highest BCUT2D eigenvalue weighted by molar-refractivity contribution is 9.10. The van der Waals surface area contributed by atoms with Crippen LogP contribution >= 0.6 is 27.5 Å². The van der Waals surface area contributed by atoms with Crippen LogP contribution in [0, 0.1) is 5.82 Å². The summed E-state index contributed by atoms with van der Waals surface area (Å²) in [5.74, 6) is 0.190. The van der Waals surface area contributed by atoms with Crippen molar-refractivity contribution in [2.45, 2.75) is 6.61 Å². The molecule has 0 aliphatic carbocycles. The first-order valence-electron chi connectivity index (χ1n) is 8.80. The third kappa shape index (κ3) is 5.81. The number of carbonyl (C=O) groups excluding carboxylic acids is 1. The molecule has 30 heavy (non-hydrogen) atoms. The van der Waals surface area contributed by atoms with E-state index in [0.717, 1.165) is 5.56 Å². The van der Waals surface area contributed by atoms with E-state index in [2.05, 4.69) is 26.5 Å². The number of hydrogen-bond donors (Lipinski definition) is 1.